The molecule has 0 aliphatic rings. The van der Waals surface area contributed by atoms with Crippen molar-refractivity contribution in [3.8, 4) is 0 Å². The maximum absolute atomic E-state index is 4.05. The predicted molar refractivity (Wildman–Crippen MR) is 58.1 cm³/mol. The molecule has 0 atom stereocenters. The van der Waals surface area contributed by atoms with Crippen LogP contribution in [-0.2, 0) is 7.05 Å². The molecule has 1 heterocycles. The highest BCUT2D eigenvalue weighted by atomic mass is 14.9. The van der Waals surface area contributed by atoms with Crippen LogP contribution in [0.15, 0.2) is 29.0 Å². The number of rotatable bonds is 2. The van der Waals surface area contributed by atoms with Crippen LogP contribution in [0.5, 0.6) is 0 Å². The molecule has 0 aromatic carbocycles. The van der Waals surface area contributed by atoms with E-state index in [-0.39, 0.29) is 0 Å². The predicted octanol–water partition coefficient (Wildman–Crippen LogP) is 2.52. The Morgan fingerprint density at radius 1 is 1.46 bits per heavy atom. The number of aryl methyl sites for hydroxylation is 1. The largest absolute Gasteiger partial charge is 0.357 e. The summed E-state index contributed by atoms with van der Waals surface area (Å²) in [6, 6.07) is 2.10. The Balaban J connectivity index is 3.11. The lowest BCUT2D eigenvalue weighted by molar-refractivity contribution is 0.927. The van der Waals surface area contributed by atoms with E-state index in [2.05, 4.69) is 31.1 Å². The van der Waals surface area contributed by atoms with Gasteiger partial charge in [-0.3, -0.25) is 4.99 Å². The topological polar surface area (TPSA) is 17.3 Å². The van der Waals surface area contributed by atoms with Crippen LogP contribution >= 0.6 is 0 Å². The van der Waals surface area contributed by atoms with Crippen LogP contribution in [0, 0.1) is 0 Å². The zero-order valence-corrected chi connectivity index (χ0v) is 8.70. The van der Waals surface area contributed by atoms with Gasteiger partial charge in [0.05, 0.1) is 0 Å². The molecule has 0 spiro atoms. The van der Waals surface area contributed by atoms with Crippen LogP contribution in [0.3, 0.4) is 0 Å². The molecule has 0 saturated heterocycles. The van der Waals surface area contributed by atoms with Gasteiger partial charge in [-0.2, -0.15) is 0 Å². The quantitative estimate of drug-likeness (QED) is 0.616. The van der Waals surface area contributed by atoms with Gasteiger partial charge in [0.25, 0.3) is 0 Å². The van der Waals surface area contributed by atoms with E-state index < -0.39 is 0 Å². The standard InChI is InChI=1S/C11H16N2/c1-9(2)11(7-12-3)10-5-6-13(4)8-10/h5-8H,1-4H3. The summed E-state index contributed by atoms with van der Waals surface area (Å²) in [6.07, 6.45) is 6.05. The van der Waals surface area contributed by atoms with E-state index in [0.717, 1.165) is 0 Å². The Morgan fingerprint density at radius 3 is 2.54 bits per heavy atom. The number of aromatic nitrogens is 1. The highest BCUT2D eigenvalue weighted by Crippen LogP contribution is 2.16. The van der Waals surface area contributed by atoms with Crippen LogP contribution in [0.4, 0.5) is 0 Å². The zero-order valence-electron chi connectivity index (χ0n) is 8.70. The molecule has 70 valence electrons. The SMILES string of the molecule is CN=CC(=C(C)C)c1ccn(C)c1. The van der Waals surface area contributed by atoms with Crippen molar-refractivity contribution in [1.29, 1.82) is 0 Å². The first kappa shape index (κ1) is 9.78. The van der Waals surface area contributed by atoms with E-state index in [0.29, 0.717) is 0 Å². The minimum absolute atomic E-state index is 1.21. The summed E-state index contributed by atoms with van der Waals surface area (Å²) in [6.45, 7) is 4.20. The second-order valence-electron chi connectivity index (χ2n) is 3.37. The van der Waals surface area contributed by atoms with Crippen LogP contribution < -0.4 is 0 Å². The van der Waals surface area contributed by atoms with Gasteiger partial charge in [-0.15, -0.1) is 0 Å². The maximum Gasteiger partial charge on any atom is 0.0287 e. The lowest BCUT2D eigenvalue weighted by Crippen LogP contribution is -1.87. The second kappa shape index (κ2) is 4.08. The summed E-state index contributed by atoms with van der Waals surface area (Å²) >= 11 is 0. The molecular weight excluding hydrogens is 160 g/mol. The molecule has 1 aromatic heterocycles. The summed E-state index contributed by atoms with van der Waals surface area (Å²) in [7, 11) is 3.82. The molecule has 1 rings (SSSR count). The van der Waals surface area contributed by atoms with Gasteiger partial charge in [0, 0.05) is 38.3 Å². The molecule has 0 unspecified atom stereocenters. The third-order valence-electron chi connectivity index (χ3n) is 1.94. The first-order chi connectivity index (χ1) is 6.15. The number of aliphatic imine (C=N–C) groups is 1. The van der Waals surface area contributed by atoms with E-state index in [1.165, 1.54) is 16.7 Å². The van der Waals surface area contributed by atoms with Crippen molar-refractivity contribution < 1.29 is 0 Å². The third-order valence-corrected chi connectivity index (χ3v) is 1.94. The van der Waals surface area contributed by atoms with Crippen molar-refractivity contribution in [2.75, 3.05) is 7.05 Å². The van der Waals surface area contributed by atoms with E-state index in [9.17, 15) is 0 Å². The van der Waals surface area contributed by atoms with Gasteiger partial charge < -0.3 is 4.57 Å². The van der Waals surface area contributed by atoms with E-state index in [1.54, 1.807) is 7.05 Å². The van der Waals surface area contributed by atoms with Gasteiger partial charge in [-0.05, 0) is 25.5 Å². The van der Waals surface area contributed by atoms with E-state index >= 15 is 0 Å². The number of allylic oxidation sites excluding steroid dienone is 2. The Morgan fingerprint density at radius 2 is 2.15 bits per heavy atom. The normalized spacial score (nSPS) is 10.8. The van der Waals surface area contributed by atoms with Gasteiger partial charge in [0.2, 0.25) is 0 Å². The average Bonchev–Trinajstić information content (AvgIpc) is 2.46. The molecule has 0 N–H and O–H groups in total. The molecule has 0 saturated carbocycles. The van der Waals surface area contributed by atoms with Crippen LogP contribution in [0.1, 0.15) is 19.4 Å². The minimum atomic E-state index is 1.21. The van der Waals surface area contributed by atoms with Gasteiger partial charge in [0.1, 0.15) is 0 Å². The lowest BCUT2D eigenvalue weighted by Gasteiger charge is -2.00. The molecule has 2 nitrogen and oxygen atoms in total. The van der Waals surface area contributed by atoms with Gasteiger partial charge >= 0.3 is 0 Å². The van der Waals surface area contributed by atoms with Crippen molar-refractivity contribution in [3.63, 3.8) is 0 Å². The average molecular weight is 176 g/mol. The summed E-state index contributed by atoms with van der Waals surface area (Å²) in [5, 5.41) is 0. The fourth-order valence-electron chi connectivity index (χ4n) is 1.28. The molecule has 1 aromatic rings. The fraction of sp³-hybridized carbons (Fsp3) is 0.364. The van der Waals surface area contributed by atoms with Crippen molar-refractivity contribution in [3.05, 3.63) is 29.6 Å². The summed E-state index contributed by atoms with van der Waals surface area (Å²) in [5.74, 6) is 0. The van der Waals surface area contributed by atoms with Crippen molar-refractivity contribution in [1.82, 2.24) is 4.57 Å². The van der Waals surface area contributed by atoms with Crippen molar-refractivity contribution >= 4 is 11.8 Å². The lowest BCUT2D eigenvalue weighted by atomic mass is 10.1. The van der Waals surface area contributed by atoms with Gasteiger partial charge in [-0.25, -0.2) is 0 Å². The molecular formula is C11H16N2. The Labute approximate surface area is 79.6 Å². The van der Waals surface area contributed by atoms with Crippen molar-refractivity contribution in [2.45, 2.75) is 13.8 Å². The second-order valence-corrected chi connectivity index (χ2v) is 3.37. The number of nitrogens with zero attached hydrogens (tertiary/aromatic N) is 2. The van der Waals surface area contributed by atoms with Crippen LogP contribution in [0.25, 0.3) is 5.57 Å². The Hall–Kier alpha value is -1.31. The Bertz CT molecular complexity index is 339. The smallest absolute Gasteiger partial charge is 0.0287 e. The van der Waals surface area contributed by atoms with Crippen LogP contribution in [-0.4, -0.2) is 17.8 Å². The summed E-state index contributed by atoms with van der Waals surface area (Å²) < 4.78 is 2.04. The van der Waals surface area contributed by atoms with Crippen molar-refractivity contribution in [2.24, 2.45) is 12.0 Å². The fourth-order valence-corrected chi connectivity index (χ4v) is 1.28. The molecule has 0 aliphatic heterocycles. The minimum Gasteiger partial charge on any atom is -0.357 e. The van der Waals surface area contributed by atoms with Crippen LogP contribution in [0.2, 0.25) is 0 Å². The molecule has 0 amide bonds. The van der Waals surface area contributed by atoms with E-state index in [1.807, 2.05) is 24.0 Å². The summed E-state index contributed by atoms with van der Waals surface area (Å²) in [5.41, 5.74) is 3.73. The molecule has 0 aliphatic carbocycles. The monoisotopic (exact) mass is 176 g/mol. The molecule has 0 bridgehead atoms. The molecule has 2 heteroatoms. The maximum atomic E-state index is 4.05. The molecule has 13 heavy (non-hydrogen) atoms. The first-order valence-corrected chi connectivity index (χ1v) is 4.37. The Kier molecular flexibility index (Phi) is 3.07. The highest BCUT2D eigenvalue weighted by Gasteiger charge is 2.01. The number of hydrogen-bond acceptors (Lipinski definition) is 1. The number of hydrogen-bond donors (Lipinski definition) is 0. The van der Waals surface area contributed by atoms with Gasteiger partial charge in [0.15, 0.2) is 0 Å². The zero-order chi connectivity index (χ0) is 9.84. The highest BCUT2D eigenvalue weighted by molar-refractivity contribution is 6.10. The van der Waals surface area contributed by atoms with E-state index in [4.69, 9.17) is 0 Å². The van der Waals surface area contributed by atoms with Gasteiger partial charge in [-0.1, -0.05) is 5.57 Å². The molecule has 0 fully saturated rings. The molecule has 0 radical (unpaired) electrons. The third kappa shape index (κ3) is 2.31. The summed E-state index contributed by atoms with van der Waals surface area (Å²) in [4.78, 5) is 4.05. The first-order valence-electron chi connectivity index (χ1n) is 4.37.